The highest BCUT2D eigenvalue weighted by atomic mass is 35.5. The van der Waals surface area contributed by atoms with Crippen molar-refractivity contribution in [3.05, 3.63) is 28.8 Å². The van der Waals surface area contributed by atoms with Gasteiger partial charge in [-0.25, -0.2) is 0 Å². The van der Waals surface area contributed by atoms with Crippen LogP contribution in [-0.2, 0) is 0 Å². The van der Waals surface area contributed by atoms with E-state index in [4.69, 9.17) is 22.2 Å². The molecular formula is C8H9ClN2O. The Morgan fingerprint density at radius 2 is 2.33 bits per heavy atom. The molecule has 0 aliphatic heterocycles. The Morgan fingerprint density at radius 1 is 1.58 bits per heavy atom. The van der Waals surface area contributed by atoms with Crippen molar-refractivity contribution in [2.45, 2.75) is 0 Å². The number of ether oxygens (including phenoxy) is 1. The fraction of sp³-hybridized carbons (Fsp3) is 0.125. The van der Waals surface area contributed by atoms with Crippen LogP contribution in [0, 0.1) is 0 Å². The van der Waals surface area contributed by atoms with Crippen molar-refractivity contribution in [2.75, 3.05) is 7.11 Å². The van der Waals surface area contributed by atoms with Crippen LogP contribution in [-0.4, -0.2) is 13.3 Å². The third-order valence-corrected chi connectivity index (χ3v) is 1.69. The van der Waals surface area contributed by atoms with Crippen molar-refractivity contribution in [1.29, 1.82) is 0 Å². The topological polar surface area (TPSA) is 47.6 Å². The molecular weight excluding hydrogens is 176 g/mol. The molecule has 0 aromatic heterocycles. The third kappa shape index (κ3) is 1.89. The summed E-state index contributed by atoms with van der Waals surface area (Å²) in [5, 5.41) is 3.93. The van der Waals surface area contributed by atoms with Crippen molar-refractivity contribution >= 4 is 17.8 Å². The summed E-state index contributed by atoms with van der Waals surface area (Å²) in [4.78, 5) is 0. The van der Waals surface area contributed by atoms with Crippen LogP contribution in [0.15, 0.2) is 23.3 Å². The Bertz CT molecular complexity index is 299. The molecule has 0 atom stereocenters. The van der Waals surface area contributed by atoms with E-state index >= 15 is 0 Å². The van der Waals surface area contributed by atoms with Gasteiger partial charge in [-0.3, -0.25) is 0 Å². The van der Waals surface area contributed by atoms with E-state index in [1.54, 1.807) is 19.2 Å². The fourth-order valence-corrected chi connectivity index (χ4v) is 1.12. The van der Waals surface area contributed by atoms with Gasteiger partial charge in [-0.1, -0.05) is 11.6 Å². The molecule has 0 radical (unpaired) electrons. The van der Waals surface area contributed by atoms with Gasteiger partial charge in [0.1, 0.15) is 5.75 Å². The molecule has 0 fully saturated rings. The van der Waals surface area contributed by atoms with Crippen LogP contribution >= 0.6 is 11.6 Å². The van der Waals surface area contributed by atoms with Crippen LogP contribution in [0.25, 0.3) is 0 Å². The van der Waals surface area contributed by atoms with E-state index in [0.29, 0.717) is 10.8 Å². The van der Waals surface area contributed by atoms with Crippen LogP contribution in [0.2, 0.25) is 5.02 Å². The Kier molecular flexibility index (Phi) is 2.94. The summed E-state index contributed by atoms with van der Waals surface area (Å²) in [5.74, 6) is 5.62. The first-order valence-electron chi connectivity index (χ1n) is 3.34. The van der Waals surface area contributed by atoms with Gasteiger partial charge in [-0.05, 0) is 23.8 Å². The molecule has 1 rings (SSSR count). The molecule has 64 valence electrons. The van der Waals surface area contributed by atoms with E-state index in [2.05, 4.69) is 5.10 Å². The standard InChI is InChI=1S/C8H9ClN2O/c1-12-8-3-2-6(5-11-10)4-7(8)9/h2-5H,10H2,1H3/b11-5+. The number of hydrazone groups is 1. The summed E-state index contributed by atoms with van der Waals surface area (Å²) >= 11 is 5.84. The molecule has 0 amide bonds. The number of hydrogen-bond donors (Lipinski definition) is 1. The van der Waals surface area contributed by atoms with E-state index in [0.717, 1.165) is 5.56 Å². The van der Waals surface area contributed by atoms with Crippen molar-refractivity contribution in [3.8, 4) is 5.75 Å². The minimum atomic E-state index is 0.551. The SMILES string of the molecule is COc1ccc(/C=N/N)cc1Cl. The van der Waals surface area contributed by atoms with E-state index < -0.39 is 0 Å². The second-order valence-electron chi connectivity index (χ2n) is 2.17. The molecule has 0 aliphatic rings. The lowest BCUT2D eigenvalue weighted by Crippen LogP contribution is -1.88. The molecule has 3 nitrogen and oxygen atoms in total. The van der Waals surface area contributed by atoms with Gasteiger partial charge in [-0.2, -0.15) is 5.10 Å². The number of methoxy groups -OCH3 is 1. The average molecular weight is 185 g/mol. The van der Waals surface area contributed by atoms with E-state index in [1.807, 2.05) is 6.07 Å². The maximum atomic E-state index is 5.84. The molecule has 0 aliphatic carbocycles. The monoisotopic (exact) mass is 184 g/mol. The largest absolute Gasteiger partial charge is 0.495 e. The fourth-order valence-electron chi connectivity index (χ4n) is 0.849. The molecule has 0 heterocycles. The second-order valence-corrected chi connectivity index (χ2v) is 2.58. The van der Waals surface area contributed by atoms with Gasteiger partial charge in [0.2, 0.25) is 0 Å². The quantitative estimate of drug-likeness (QED) is 0.432. The average Bonchev–Trinajstić information content (AvgIpc) is 2.05. The molecule has 0 saturated heterocycles. The Labute approximate surface area is 75.8 Å². The number of benzene rings is 1. The minimum Gasteiger partial charge on any atom is -0.495 e. The van der Waals surface area contributed by atoms with Gasteiger partial charge in [0, 0.05) is 0 Å². The van der Waals surface area contributed by atoms with Crippen LogP contribution in [0.1, 0.15) is 5.56 Å². The summed E-state index contributed by atoms with van der Waals surface area (Å²) in [6.45, 7) is 0. The van der Waals surface area contributed by atoms with Crippen LogP contribution in [0.4, 0.5) is 0 Å². The van der Waals surface area contributed by atoms with Crippen LogP contribution in [0.3, 0.4) is 0 Å². The lowest BCUT2D eigenvalue weighted by molar-refractivity contribution is 0.415. The number of nitrogens with zero attached hydrogens (tertiary/aromatic N) is 1. The van der Waals surface area contributed by atoms with E-state index in [-0.39, 0.29) is 0 Å². The first kappa shape index (κ1) is 8.87. The highest BCUT2D eigenvalue weighted by molar-refractivity contribution is 6.32. The molecule has 12 heavy (non-hydrogen) atoms. The van der Waals surface area contributed by atoms with Gasteiger partial charge in [0.15, 0.2) is 0 Å². The number of hydrogen-bond acceptors (Lipinski definition) is 3. The Hall–Kier alpha value is -1.22. The van der Waals surface area contributed by atoms with Crippen LogP contribution < -0.4 is 10.6 Å². The summed E-state index contributed by atoms with van der Waals surface area (Å²) in [7, 11) is 1.57. The predicted molar refractivity (Wildman–Crippen MR) is 49.8 cm³/mol. The molecule has 0 spiro atoms. The third-order valence-electron chi connectivity index (χ3n) is 1.40. The normalized spacial score (nSPS) is 10.5. The van der Waals surface area contributed by atoms with Gasteiger partial charge >= 0.3 is 0 Å². The maximum absolute atomic E-state index is 5.84. The molecule has 1 aromatic rings. The first-order valence-corrected chi connectivity index (χ1v) is 3.72. The van der Waals surface area contributed by atoms with Crippen molar-refractivity contribution in [3.63, 3.8) is 0 Å². The van der Waals surface area contributed by atoms with Gasteiger partial charge < -0.3 is 10.6 Å². The second kappa shape index (κ2) is 3.97. The zero-order chi connectivity index (χ0) is 8.97. The Balaban J connectivity index is 3.01. The number of nitrogens with two attached hydrogens (primary N) is 1. The lowest BCUT2D eigenvalue weighted by atomic mass is 10.2. The smallest absolute Gasteiger partial charge is 0.137 e. The molecule has 0 unspecified atom stereocenters. The summed E-state index contributed by atoms with van der Waals surface area (Å²) in [6, 6.07) is 5.32. The zero-order valence-electron chi connectivity index (χ0n) is 6.62. The van der Waals surface area contributed by atoms with Crippen molar-refractivity contribution in [2.24, 2.45) is 10.9 Å². The number of rotatable bonds is 2. The Morgan fingerprint density at radius 3 is 2.83 bits per heavy atom. The number of halogens is 1. The highest BCUT2D eigenvalue weighted by Gasteiger charge is 1.99. The summed E-state index contributed by atoms with van der Waals surface area (Å²) in [6.07, 6.45) is 1.52. The molecule has 0 saturated carbocycles. The van der Waals surface area contributed by atoms with Gasteiger partial charge in [0.05, 0.1) is 18.3 Å². The lowest BCUT2D eigenvalue weighted by Gasteiger charge is -2.02. The van der Waals surface area contributed by atoms with Gasteiger partial charge in [0.25, 0.3) is 0 Å². The molecule has 1 aromatic carbocycles. The zero-order valence-corrected chi connectivity index (χ0v) is 7.38. The molecule has 4 heteroatoms. The van der Waals surface area contributed by atoms with Gasteiger partial charge in [-0.15, -0.1) is 0 Å². The van der Waals surface area contributed by atoms with Crippen LogP contribution in [0.5, 0.6) is 5.75 Å². The summed E-state index contributed by atoms with van der Waals surface area (Å²) in [5.41, 5.74) is 0.850. The van der Waals surface area contributed by atoms with Crippen molar-refractivity contribution in [1.82, 2.24) is 0 Å². The predicted octanol–water partition coefficient (Wildman–Crippen LogP) is 1.64. The highest BCUT2D eigenvalue weighted by Crippen LogP contribution is 2.23. The van der Waals surface area contributed by atoms with E-state index in [1.165, 1.54) is 6.21 Å². The molecule has 0 bridgehead atoms. The molecule has 2 N–H and O–H groups in total. The van der Waals surface area contributed by atoms with E-state index in [9.17, 15) is 0 Å². The maximum Gasteiger partial charge on any atom is 0.137 e. The van der Waals surface area contributed by atoms with Crippen molar-refractivity contribution < 1.29 is 4.74 Å². The minimum absolute atomic E-state index is 0.551. The summed E-state index contributed by atoms with van der Waals surface area (Å²) < 4.78 is 4.97. The first-order chi connectivity index (χ1) is 5.77.